The van der Waals surface area contributed by atoms with Crippen LogP contribution in [0.5, 0.6) is 0 Å². The molecule has 0 spiro atoms. The van der Waals surface area contributed by atoms with E-state index in [2.05, 4.69) is 65.8 Å². The van der Waals surface area contributed by atoms with Crippen molar-refractivity contribution in [3.63, 3.8) is 0 Å². The number of benzene rings is 2. The number of fused-ring (bicyclic) bond motifs is 2. The molecule has 0 saturated heterocycles. The SMILES string of the molecule is CC(C)(C)N=C1c2nn(Cc3ccccc3)nc2C(=NC(C)(C)C)c2nn(Cc3ccccc3)nc21. The van der Waals surface area contributed by atoms with E-state index in [1.165, 1.54) is 0 Å². The molecule has 2 aromatic carbocycles. The van der Waals surface area contributed by atoms with E-state index in [1.807, 2.05) is 36.4 Å². The minimum Gasteiger partial charge on any atom is -0.275 e. The Balaban J connectivity index is 1.67. The number of hydrogen-bond acceptors (Lipinski definition) is 6. The van der Waals surface area contributed by atoms with Crippen LogP contribution in [-0.2, 0) is 13.1 Å². The van der Waals surface area contributed by atoms with Crippen molar-refractivity contribution in [1.82, 2.24) is 30.0 Å². The van der Waals surface area contributed by atoms with Crippen LogP contribution in [0.1, 0.15) is 75.4 Å². The average molecular weight is 481 g/mol. The Kier molecular flexibility index (Phi) is 5.90. The Morgan fingerprint density at radius 1 is 0.528 bits per heavy atom. The molecule has 0 bridgehead atoms. The van der Waals surface area contributed by atoms with Crippen molar-refractivity contribution in [2.24, 2.45) is 9.98 Å². The second kappa shape index (κ2) is 8.93. The Morgan fingerprint density at radius 3 is 1.11 bits per heavy atom. The predicted molar refractivity (Wildman–Crippen MR) is 142 cm³/mol. The molecule has 184 valence electrons. The molecule has 36 heavy (non-hydrogen) atoms. The van der Waals surface area contributed by atoms with Gasteiger partial charge in [-0.3, -0.25) is 9.98 Å². The van der Waals surface area contributed by atoms with Gasteiger partial charge < -0.3 is 0 Å². The summed E-state index contributed by atoms with van der Waals surface area (Å²) in [5.41, 5.74) is 5.77. The zero-order chi connectivity index (χ0) is 25.5. The molecule has 5 rings (SSSR count). The summed E-state index contributed by atoms with van der Waals surface area (Å²) in [6.45, 7) is 13.5. The lowest BCUT2D eigenvalue weighted by molar-refractivity contribution is 0.574. The topological polar surface area (TPSA) is 86.1 Å². The monoisotopic (exact) mass is 480 g/mol. The van der Waals surface area contributed by atoms with Crippen LogP contribution in [-0.4, -0.2) is 52.5 Å². The molecule has 8 heteroatoms. The molecule has 0 N–H and O–H groups in total. The van der Waals surface area contributed by atoms with Crippen LogP contribution in [0.15, 0.2) is 70.6 Å². The van der Waals surface area contributed by atoms with Gasteiger partial charge in [-0.2, -0.15) is 30.0 Å². The zero-order valence-corrected chi connectivity index (χ0v) is 21.8. The minimum absolute atomic E-state index is 0.338. The first kappa shape index (κ1) is 23.8. The normalized spacial score (nSPS) is 13.4. The molecular weight excluding hydrogens is 448 g/mol. The largest absolute Gasteiger partial charge is 0.275 e. The maximum Gasteiger partial charge on any atom is 0.143 e. The van der Waals surface area contributed by atoms with Crippen LogP contribution in [0.25, 0.3) is 0 Å². The smallest absolute Gasteiger partial charge is 0.143 e. The first-order chi connectivity index (χ1) is 17.1. The molecule has 2 aromatic heterocycles. The van der Waals surface area contributed by atoms with E-state index in [0.717, 1.165) is 11.1 Å². The molecule has 0 amide bonds. The highest BCUT2D eigenvalue weighted by Gasteiger charge is 2.37. The molecule has 0 radical (unpaired) electrons. The highest BCUT2D eigenvalue weighted by Crippen LogP contribution is 2.28. The van der Waals surface area contributed by atoms with Gasteiger partial charge in [0, 0.05) is 0 Å². The molecule has 0 atom stereocenters. The first-order valence-corrected chi connectivity index (χ1v) is 12.2. The van der Waals surface area contributed by atoms with E-state index in [9.17, 15) is 0 Å². The van der Waals surface area contributed by atoms with Crippen LogP contribution in [0, 0.1) is 0 Å². The third-order valence-corrected chi connectivity index (χ3v) is 5.44. The third-order valence-electron chi connectivity index (χ3n) is 5.44. The van der Waals surface area contributed by atoms with Gasteiger partial charge in [0.1, 0.15) is 34.2 Å². The lowest BCUT2D eigenvalue weighted by atomic mass is 9.95. The van der Waals surface area contributed by atoms with Gasteiger partial charge in [0.05, 0.1) is 24.2 Å². The van der Waals surface area contributed by atoms with Crippen molar-refractivity contribution in [3.8, 4) is 0 Å². The maximum absolute atomic E-state index is 5.05. The third kappa shape index (κ3) is 5.17. The van der Waals surface area contributed by atoms with Crippen LogP contribution in [0.2, 0.25) is 0 Å². The molecular formula is C28H32N8. The summed E-state index contributed by atoms with van der Waals surface area (Å²) in [4.78, 5) is 13.6. The molecule has 0 unspecified atom stereocenters. The fourth-order valence-electron chi connectivity index (χ4n) is 4.08. The van der Waals surface area contributed by atoms with E-state index >= 15 is 0 Å². The highest BCUT2D eigenvalue weighted by molar-refractivity contribution is 6.28. The van der Waals surface area contributed by atoms with Crippen LogP contribution < -0.4 is 0 Å². The fourth-order valence-corrected chi connectivity index (χ4v) is 4.08. The van der Waals surface area contributed by atoms with Gasteiger partial charge in [-0.25, -0.2) is 0 Å². The summed E-state index contributed by atoms with van der Waals surface area (Å²) in [6, 6.07) is 20.4. The minimum atomic E-state index is -0.338. The zero-order valence-electron chi connectivity index (χ0n) is 21.8. The van der Waals surface area contributed by atoms with Crippen molar-refractivity contribution in [2.45, 2.75) is 65.7 Å². The Morgan fingerprint density at radius 2 is 0.833 bits per heavy atom. The summed E-state index contributed by atoms with van der Waals surface area (Å²) in [5.74, 6) is 0. The van der Waals surface area contributed by atoms with Gasteiger partial charge in [-0.05, 0) is 52.7 Å². The summed E-state index contributed by atoms with van der Waals surface area (Å²) in [7, 11) is 0. The van der Waals surface area contributed by atoms with E-state index in [-0.39, 0.29) is 11.1 Å². The molecule has 0 aliphatic heterocycles. The first-order valence-electron chi connectivity index (χ1n) is 12.2. The molecule has 0 fully saturated rings. The van der Waals surface area contributed by atoms with Crippen molar-refractivity contribution < 1.29 is 0 Å². The summed E-state index contributed by atoms with van der Waals surface area (Å²) in [6.07, 6.45) is 0. The van der Waals surface area contributed by atoms with Crippen molar-refractivity contribution in [2.75, 3.05) is 0 Å². The summed E-state index contributed by atoms with van der Waals surface area (Å²) >= 11 is 0. The van der Waals surface area contributed by atoms with E-state index in [0.29, 0.717) is 47.3 Å². The van der Waals surface area contributed by atoms with Gasteiger partial charge in [0.2, 0.25) is 0 Å². The summed E-state index contributed by atoms with van der Waals surface area (Å²) in [5, 5.41) is 19.6. The fraction of sp³-hybridized carbons (Fsp3) is 0.357. The predicted octanol–water partition coefficient (Wildman–Crippen LogP) is 4.55. The molecule has 8 nitrogen and oxygen atoms in total. The highest BCUT2D eigenvalue weighted by atomic mass is 15.5. The quantitative estimate of drug-likeness (QED) is 0.378. The molecule has 1 aliphatic carbocycles. The van der Waals surface area contributed by atoms with Gasteiger partial charge in [0.25, 0.3) is 0 Å². The lowest BCUT2D eigenvalue weighted by Crippen LogP contribution is -2.27. The van der Waals surface area contributed by atoms with E-state index in [4.69, 9.17) is 30.4 Å². The standard InChI is InChI=1S/C28H32N8/c1-27(2,3)29-21-23-25(33-35(31-23)17-19-13-9-7-10-14-19)22(30-28(4,5)6)26-24(21)32-36(34-26)18-20-15-11-8-12-16-20/h7-16H,17-18H2,1-6H3. The van der Waals surface area contributed by atoms with E-state index in [1.54, 1.807) is 9.59 Å². The molecule has 2 heterocycles. The van der Waals surface area contributed by atoms with Crippen molar-refractivity contribution in [1.29, 1.82) is 0 Å². The Labute approximate surface area is 211 Å². The molecule has 4 aromatic rings. The second-order valence-corrected chi connectivity index (χ2v) is 11.1. The maximum atomic E-state index is 5.05. The van der Waals surface area contributed by atoms with Gasteiger partial charge >= 0.3 is 0 Å². The van der Waals surface area contributed by atoms with Crippen LogP contribution in [0.4, 0.5) is 0 Å². The van der Waals surface area contributed by atoms with Crippen LogP contribution in [0.3, 0.4) is 0 Å². The Bertz CT molecular complexity index is 1270. The Hall–Kier alpha value is -3.94. The number of hydrogen-bond donors (Lipinski definition) is 0. The average Bonchev–Trinajstić information content (AvgIpc) is 3.40. The summed E-state index contributed by atoms with van der Waals surface area (Å²) < 4.78 is 0. The van der Waals surface area contributed by atoms with Gasteiger partial charge in [-0.15, -0.1) is 0 Å². The molecule has 0 saturated carbocycles. The van der Waals surface area contributed by atoms with E-state index < -0.39 is 0 Å². The molecule has 1 aliphatic rings. The number of rotatable bonds is 4. The number of aliphatic imine (C=N–C) groups is 2. The lowest BCUT2D eigenvalue weighted by Gasteiger charge is -2.20. The number of nitrogens with zero attached hydrogens (tertiary/aromatic N) is 8. The van der Waals surface area contributed by atoms with Gasteiger partial charge in [-0.1, -0.05) is 60.7 Å². The van der Waals surface area contributed by atoms with Crippen molar-refractivity contribution >= 4 is 11.4 Å². The van der Waals surface area contributed by atoms with Crippen LogP contribution >= 0.6 is 0 Å². The van der Waals surface area contributed by atoms with Crippen molar-refractivity contribution in [3.05, 3.63) is 94.6 Å². The second-order valence-electron chi connectivity index (χ2n) is 11.1. The number of aromatic nitrogens is 6. The van der Waals surface area contributed by atoms with Gasteiger partial charge in [0.15, 0.2) is 0 Å².